The van der Waals surface area contributed by atoms with Gasteiger partial charge in [0, 0.05) is 37.4 Å². The first kappa shape index (κ1) is 19.4. The molecular formula is C20H30N4S. The molecule has 0 fully saturated rings. The van der Waals surface area contributed by atoms with E-state index in [1.807, 2.05) is 7.05 Å². The van der Waals surface area contributed by atoms with Crippen molar-refractivity contribution < 1.29 is 0 Å². The van der Waals surface area contributed by atoms with Gasteiger partial charge in [0.25, 0.3) is 0 Å². The van der Waals surface area contributed by atoms with Crippen molar-refractivity contribution in [3.8, 4) is 0 Å². The summed E-state index contributed by atoms with van der Waals surface area (Å²) in [4.78, 5) is 9.02. The van der Waals surface area contributed by atoms with Crippen molar-refractivity contribution >= 4 is 17.3 Å². The molecule has 0 aliphatic heterocycles. The third-order valence-corrected chi connectivity index (χ3v) is 4.86. The van der Waals surface area contributed by atoms with E-state index in [1.54, 1.807) is 11.3 Å². The summed E-state index contributed by atoms with van der Waals surface area (Å²) in [6, 6.07) is 10.6. The number of nitrogens with one attached hydrogen (secondary N) is 2. The van der Waals surface area contributed by atoms with E-state index in [0.29, 0.717) is 0 Å². The molecule has 0 atom stereocenters. The first-order valence-corrected chi connectivity index (χ1v) is 9.80. The summed E-state index contributed by atoms with van der Waals surface area (Å²) in [5.74, 6) is 0.862. The molecule has 25 heavy (non-hydrogen) atoms. The van der Waals surface area contributed by atoms with Crippen molar-refractivity contribution in [2.75, 3.05) is 20.1 Å². The van der Waals surface area contributed by atoms with E-state index in [9.17, 15) is 0 Å². The van der Waals surface area contributed by atoms with Crippen LogP contribution in [0.4, 0.5) is 0 Å². The van der Waals surface area contributed by atoms with Gasteiger partial charge in [-0.25, -0.2) is 4.98 Å². The van der Waals surface area contributed by atoms with Crippen molar-refractivity contribution in [2.24, 2.45) is 4.99 Å². The average Bonchev–Trinajstić information content (AvgIpc) is 3.07. The lowest BCUT2D eigenvalue weighted by Gasteiger charge is -2.14. The largest absolute Gasteiger partial charge is 0.356 e. The molecule has 136 valence electrons. The molecular weight excluding hydrogens is 328 g/mol. The van der Waals surface area contributed by atoms with Crippen LogP contribution in [0.5, 0.6) is 0 Å². The van der Waals surface area contributed by atoms with Crippen LogP contribution in [0.3, 0.4) is 0 Å². The van der Waals surface area contributed by atoms with E-state index in [4.69, 9.17) is 4.98 Å². The third-order valence-electron chi connectivity index (χ3n) is 3.95. The second-order valence-corrected chi connectivity index (χ2v) is 8.08. The maximum absolute atomic E-state index is 4.73. The average molecular weight is 359 g/mol. The minimum atomic E-state index is 0.124. The van der Waals surface area contributed by atoms with Crippen LogP contribution in [0.25, 0.3) is 0 Å². The van der Waals surface area contributed by atoms with Gasteiger partial charge >= 0.3 is 0 Å². The van der Waals surface area contributed by atoms with Crippen molar-refractivity contribution in [3.63, 3.8) is 0 Å². The van der Waals surface area contributed by atoms with E-state index in [0.717, 1.165) is 38.3 Å². The SMILES string of the molecule is CN=C(NCCCc1ccccc1)NCCc1nc(C(C)(C)C)cs1. The second-order valence-electron chi connectivity index (χ2n) is 7.14. The van der Waals surface area contributed by atoms with E-state index in [1.165, 1.54) is 16.3 Å². The number of aromatic nitrogens is 1. The van der Waals surface area contributed by atoms with Gasteiger partial charge in [0.15, 0.2) is 5.96 Å². The van der Waals surface area contributed by atoms with Crippen LogP contribution in [-0.2, 0) is 18.3 Å². The Morgan fingerprint density at radius 3 is 2.44 bits per heavy atom. The summed E-state index contributed by atoms with van der Waals surface area (Å²) in [6.45, 7) is 8.36. The number of aliphatic imine (C=N–C) groups is 1. The molecule has 2 rings (SSSR count). The highest BCUT2D eigenvalue weighted by atomic mass is 32.1. The molecule has 5 heteroatoms. The molecule has 0 saturated carbocycles. The molecule has 2 aromatic rings. The van der Waals surface area contributed by atoms with Crippen LogP contribution >= 0.6 is 11.3 Å². The van der Waals surface area contributed by atoms with Crippen LogP contribution in [0.15, 0.2) is 40.7 Å². The molecule has 0 aliphatic carbocycles. The molecule has 0 unspecified atom stereocenters. The fourth-order valence-corrected chi connectivity index (χ4v) is 3.45. The zero-order valence-corrected chi connectivity index (χ0v) is 16.6. The summed E-state index contributed by atoms with van der Waals surface area (Å²) in [7, 11) is 1.81. The number of nitrogens with zero attached hydrogens (tertiary/aromatic N) is 2. The van der Waals surface area contributed by atoms with Gasteiger partial charge in [0.2, 0.25) is 0 Å². The van der Waals surface area contributed by atoms with Gasteiger partial charge in [-0.15, -0.1) is 11.3 Å². The lowest BCUT2D eigenvalue weighted by Crippen LogP contribution is -2.38. The second kappa shape index (κ2) is 9.56. The summed E-state index contributed by atoms with van der Waals surface area (Å²) < 4.78 is 0. The van der Waals surface area contributed by atoms with E-state index in [-0.39, 0.29) is 5.41 Å². The van der Waals surface area contributed by atoms with Gasteiger partial charge in [0.1, 0.15) is 0 Å². The van der Waals surface area contributed by atoms with Gasteiger partial charge in [-0.3, -0.25) is 4.99 Å². The van der Waals surface area contributed by atoms with Crippen molar-refractivity contribution in [2.45, 2.75) is 45.4 Å². The number of hydrogen-bond acceptors (Lipinski definition) is 3. The highest BCUT2D eigenvalue weighted by Crippen LogP contribution is 2.23. The normalized spacial score (nSPS) is 12.2. The summed E-state index contributed by atoms with van der Waals surface area (Å²) in [5.41, 5.74) is 2.68. The molecule has 4 nitrogen and oxygen atoms in total. The predicted molar refractivity (Wildman–Crippen MR) is 109 cm³/mol. The Hall–Kier alpha value is -1.88. The highest BCUT2D eigenvalue weighted by molar-refractivity contribution is 7.09. The molecule has 0 spiro atoms. The standard InChI is InChI=1S/C20H30N4S/c1-20(2,3)17-15-25-18(24-17)12-14-23-19(21-4)22-13-8-11-16-9-6-5-7-10-16/h5-7,9-10,15H,8,11-14H2,1-4H3,(H2,21,22,23). The van der Waals surface area contributed by atoms with Crippen LogP contribution < -0.4 is 10.6 Å². The molecule has 0 aliphatic rings. The maximum Gasteiger partial charge on any atom is 0.190 e. The first-order valence-electron chi connectivity index (χ1n) is 8.92. The smallest absolute Gasteiger partial charge is 0.190 e. The van der Waals surface area contributed by atoms with Crippen LogP contribution in [-0.4, -0.2) is 31.1 Å². The summed E-state index contributed by atoms with van der Waals surface area (Å²) in [6.07, 6.45) is 3.09. The Kier molecular flexibility index (Phi) is 7.44. The van der Waals surface area contributed by atoms with E-state index >= 15 is 0 Å². The fourth-order valence-electron chi connectivity index (χ4n) is 2.42. The minimum absolute atomic E-state index is 0.124. The zero-order valence-electron chi connectivity index (χ0n) is 15.8. The predicted octanol–water partition coefficient (Wildman–Crippen LogP) is 3.78. The van der Waals surface area contributed by atoms with E-state index < -0.39 is 0 Å². The van der Waals surface area contributed by atoms with Crippen molar-refractivity contribution in [3.05, 3.63) is 52.0 Å². The first-order chi connectivity index (χ1) is 12.0. The molecule has 1 heterocycles. The molecule has 0 radical (unpaired) electrons. The number of hydrogen-bond donors (Lipinski definition) is 2. The molecule has 0 bridgehead atoms. The molecule has 1 aromatic carbocycles. The van der Waals surface area contributed by atoms with Gasteiger partial charge < -0.3 is 10.6 Å². The third kappa shape index (κ3) is 6.86. The Bertz CT molecular complexity index is 656. The number of aryl methyl sites for hydroxylation is 1. The van der Waals surface area contributed by atoms with Crippen LogP contribution in [0.1, 0.15) is 43.5 Å². The molecule has 0 amide bonds. The quantitative estimate of drug-likeness (QED) is 0.450. The van der Waals surface area contributed by atoms with E-state index in [2.05, 4.69) is 72.1 Å². The Morgan fingerprint density at radius 1 is 1.08 bits per heavy atom. The minimum Gasteiger partial charge on any atom is -0.356 e. The number of benzene rings is 1. The van der Waals surface area contributed by atoms with Gasteiger partial charge in [-0.2, -0.15) is 0 Å². The monoisotopic (exact) mass is 358 g/mol. The van der Waals surface area contributed by atoms with Crippen molar-refractivity contribution in [1.29, 1.82) is 0 Å². The number of guanidine groups is 1. The molecule has 2 N–H and O–H groups in total. The van der Waals surface area contributed by atoms with Gasteiger partial charge in [0.05, 0.1) is 10.7 Å². The summed E-state index contributed by atoms with van der Waals surface area (Å²) in [5, 5.41) is 10.1. The van der Waals surface area contributed by atoms with Gasteiger partial charge in [-0.1, -0.05) is 51.1 Å². The lowest BCUT2D eigenvalue weighted by atomic mass is 9.93. The Labute approximate surface area is 155 Å². The fraction of sp³-hybridized carbons (Fsp3) is 0.500. The highest BCUT2D eigenvalue weighted by Gasteiger charge is 2.17. The Morgan fingerprint density at radius 2 is 1.80 bits per heavy atom. The molecule has 1 aromatic heterocycles. The number of rotatable bonds is 7. The van der Waals surface area contributed by atoms with Crippen molar-refractivity contribution in [1.82, 2.24) is 15.6 Å². The topological polar surface area (TPSA) is 49.3 Å². The summed E-state index contributed by atoms with van der Waals surface area (Å²) >= 11 is 1.74. The Balaban J connectivity index is 1.66. The zero-order chi connectivity index (χ0) is 18.1. The lowest BCUT2D eigenvalue weighted by molar-refractivity contribution is 0.570. The van der Waals surface area contributed by atoms with Crippen LogP contribution in [0.2, 0.25) is 0 Å². The van der Waals surface area contributed by atoms with Gasteiger partial charge in [-0.05, 0) is 18.4 Å². The number of thiazole rings is 1. The maximum atomic E-state index is 4.73. The van der Waals surface area contributed by atoms with Crippen LogP contribution in [0, 0.1) is 0 Å². The molecule has 0 saturated heterocycles.